The molecule has 0 saturated carbocycles. The lowest BCUT2D eigenvalue weighted by molar-refractivity contribution is 0.0678. The van der Waals surface area contributed by atoms with E-state index < -0.39 is 0 Å². The normalized spacial score (nSPS) is 11.1. The lowest BCUT2D eigenvalue weighted by Crippen LogP contribution is -2.25. The van der Waals surface area contributed by atoms with Crippen molar-refractivity contribution >= 4 is 22.5 Å². The van der Waals surface area contributed by atoms with E-state index in [0.29, 0.717) is 43.1 Å². The van der Waals surface area contributed by atoms with Gasteiger partial charge >= 0.3 is 0 Å². The van der Waals surface area contributed by atoms with Crippen molar-refractivity contribution in [3.8, 4) is 0 Å². The summed E-state index contributed by atoms with van der Waals surface area (Å²) in [7, 11) is 1.64. The molecule has 0 N–H and O–H groups in total. The molecular formula is C15H19ClN2O3. The molecular weight excluding hydrogens is 292 g/mol. The lowest BCUT2D eigenvalue weighted by Gasteiger charge is -2.12. The molecule has 2 aromatic rings. The van der Waals surface area contributed by atoms with Gasteiger partial charge in [-0.2, -0.15) is 0 Å². The molecule has 0 fully saturated rings. The fraction of sp³-hybridized carbons (Fsp3) is 0.467. The van der Waals surface area contributed by atoms with Crippen molar-refractivity contribution in [1.29, 1.82) is 0 Å². The second kappa shape index (κ2) is 8.12. The van der Waals surface area contributed by atoms with Crippen LogP contribution in [0.5, 0.6) is 0 Å². The maximum atomic E-state index is 12.5. The molecule has 0 spiro atoms. The van der Waals surface area contributed by atoms with Gasteiger partial charge in [0, 0.05) is 20.3 Å². The number of halogens is 1. The first-order valence-corrected chi connectivity index (χ1v) is 7.42. The number of para-hydroxylation sites is 1. The fourth-order valence-electron chi connectivity index (χ4n) is 2.12. The molecule has 5 nitrogen and oxygen atoms in total. The summed E-state index contributed by atoms with van der Waals surface area (Å²) in [5.74, 6) is 0.808. The maximum absolute atomic E-state index is 12.5. The number of hydrogen-bond donors (Lipinski definition) is 0. The minimum Gasteiger partial charge on any atom is -0.382 e. The molecule has 1 aromatic carbocycles. The highest BCUT2D eigenvalue weighted by atomic mass is 35.5. The molecule has 0 aliphatic carbocycles. The summed E-state index contributed by atoms with van der Waals surface area (Å²) in [5, 5.41) is 0.617. The zero-order chi connectivity index (χ0) is 15.1. The van der Waals surface area contributed by atoms with Crippen molar-refractivity contribution < 1.29 is 9.47 Å². The van der Waals surface area contributed by atoms with Crippen molar-refractivity contribution in [1.82, 2.24) is 9.55 Å². The van der Waals surface area contributed by atoms with Crippen LogP contribution in [0.1, 0.15) is 12.2 Å². The van der Waals surface area contributed by atoms with E-state index in [1.807, 2.05) is 18.2 Å². The van der Waals surface area contributed by atoms with E-state index >= 15 is 0 Å². The molecule has 0 aliphatic heterocycles. The third kappa shape index (κ3) is 4.03. The van der Waals surface area contributed by atoms with Crippen molar-refractivity contribution in [2.75, 3.05) is 26.9 Å². The standard InChI is InChI=1S/C15H19ClN2O3/c1-20-9-10-21-8-4-7-18-14(11-16)17-13-6-3-2-5-12(13)15(18)19/h2-3,5-6H,4,7-11H2,1H3. The van der Waals surface area contributed by atoms with Crippen LogP contribution >= 0.6 is 11.6 Å². The lowest BCUT2D eigenvalue weighted by atomic mass is 10.2. The Kier molecular flexibility index (Phi) is 6.17. The van der Waals surface area contributed by atoms with Crippen LogP contribution in [0.4, 0.5) is 0 Å². The fourth-order valence-corrected chi connectivity index (χ4v) is 2.32. The maximum Gasteiger partial charge on any atom is 0.261 e. The van der Waals surface area contributed by atoms with E-state index in [4.69, 9.17) is 21.1 Å². The highest BCUT2D eigenvalue weighted by Gasteiger charge is 2.09. The van der Waals surface area contributed by atoms with Gasteiger partial charge in [0.1, 0.15) is 5.82 Å². The summed E-state index contributed by atoms with van der Waals surface area (Å²) in [6, 6.07) is 7.31. The van der Waals surface area contributed by atoms with Gasteiger partial charge in [-0.1, -0.05) is 12.1 Å². The Balaban J connectivity index is 2.11. The van der Waals surface area contributed by atoms with Crippen LogP contribution < -0.4 is 5.56 Å². The Morgan fingerprint density at radius 2 is 2.05 bits per heavy atom. The zero-order valence-corrected chi connectivity index (χ0v) is 12.8. The van der Waals surface area contributed by atoms with E-state index in [0.717, 1.165) is 6.42 Å². The number of alkyl halides is 1. The summed E-state index contributed by atoms with van der Waals surface area (Å²) in [6.45, 7) is 2.25. The van der Waals surface area contributed by atoms with E-state index in [9.17, 15) is 4.79 Å². The molecule has 0 bridgehead atoms. The molecule has 1 heterocycles. The number of aromatic nitrogens is 2. The average molecular weight is 311 g/mol. The molecule has 0 unspecified atom stereocenters. The molecule has 1 aromatic heterocycles. The minimum atomic E-state index is -0.0480. The van der Waals surface area contributed by atoms with Crippen LogP contribution in [0.3, 0.4) is 0 Å². The average Bonchev–Trinajstić information content (AvgIpc) is 2.52. The Morgan fingerprint density at radius 1 is 1.24 bits per heavy atom. The number of rotatable bonds is 8. The largest absolute Gasteiger partial charge is 0.382 e. The second-order valence-corrected chi connectivity index (χ2v) is 4.86. The monoisotopic (exact) mass is 310 g/mol. The third-order valence-electron chi connectivity index (χ3n) is 3.16. The van der Waals surface area contributed by atoms with Gasteiger partial charge in [0.05, 0.1) is 30.0 Å². The predicted octanol–water partition coefficient (Wildman–Crippen LogP) is 2.19. The van der Waals surface area contributed by atoms with Gasteiger partial charge in [0.2, 0.25) is 0 Å². The van der Waals surface area contributed by atoms with E-state index in [1.54, 1.807) is 17.7 Å². The summed E-state index contributed by atoms with van der Waals surface area (Å²) < 4.78 is 11.9. The van der Waals surface area contributed by atoms with Crippen LogP contribution in [0.15, 0.2) is 29.1 Å². The Morgan fingerprint density at radius 3 is 2.81 bits per heavy atom. The highest BCUT2D eigenvalue weighted by molar-refractivity contribution is 6.16. The van der Waals surface area contributed by atoms with Crippen LogP contribution in [0, 0.1) is 0 Å². The Hall–Kier alpha value is -1.43. The molecule has 0 saturated heterocycles. The number of ether oxygens (including phenoxy) is 2. The summed E-state index contributed by atoms with van der Waals surface area (Å²) in [4.78, 5) is 16.9. The van der Waals surface area contributed by atoms with Crippen LogP contribution in [0.2, 0.25) is 0 Å². The quantitative estimate of drug-likeness (QED) is 0.554. The molecule has 6 heteroatoms. The second-order valence-electron chi connectivity index (χ2n) is 4.59. The van der Waals surface area contributed by atoms with Gasteiger partial charge < -0.3 is 9.47 Å². The first kappa shape index (κ1) is 15.9. The van der Waals surface area contributed by atoms with Gasteiger partial charge in [-0.05, 0) is 18.6 Å². The Bertz CT molecular complexity index is 642. The number of nitrogens with zero attached hydrogens (tertiary/aromatic N) is 2. The van der Waals surface area contributed by atoms with Gasteiger partial charge in [-0.25, -0.2) is 4.98 Å². The number of methoxy groups -OCH3 is 1. The van der Waals surface area contributed by atoms with Crippen molar-refractivity contribution in [2.45, 2.75) is 18.8 Å². The van der Waals surface area contributed by atoms with Crippen LogP contribution in [0.25, 0.3) is 10.9 Å². The number of hydrogen-bond acceptors (Lipinski definition) is 4. The molecule has 21 heavy (non-hydrogen) atoms. The SMILES string of the molecule is COCCOCCCn1c(CCl)nc2ccccc2c1=O. The van der Waals surface area contributed by atoms with Gasteiger partial charge in [-0.3, -0.25) is 9.36 Å². The van der Waals surface area contributed by atoms with Crippen molar-refractivity contribution in [3.05, 3.63) is 40.4 Å². The summed E-state index contributed by atoms with van der Waals surface area (Å²) in [5.41, 5.74) is 0.638. The molecule has 0 amide bonds. The summed E-state index contributed by atoms with van der Waals surface area (Å²) >= 11 is 5.92. The zero-order valence-electron chi connectivity index (χ0n) is 12.0. The van der Waals surface area contributed by atoms with Gasteiger partial charge in [0.25, 0.3) is 5.56 Å². The summed E-state index contributed by atoms with van der Waals surface area (Å²) in [6.07, 6.45) is 0.730. The first-order chi connectivity index (χ1) is 10.3. The van der Waals surface area contributed by atoms with Gasteiger partial charge in [0.15, 0.2) is 0 Å². The van der Waals surface area contributed by atoms with E-state index in [1.165, 1.54) is 0 Å². The first-order valence-electron chi connectivity index (χ1n) is 6.89. The molecule has 0 atom stereocenters. The van der Waals surface area contributed by atoms with E-state index in [-0.39, 0.29) is 11.4 Å². The number of fused-ring (bicyclic) bond motifs is 1. The molecule has 0 aliphatic rings. The number of benzene rings is 1. The predicted molar refractivity (Wildman–Crippen MR) is 82.9 cm³/mol. The smallest absolute Gasteiger partial charge is 0.261 e. The third-order valence-corrected chi connectivity index (χ3v) is 3.40. The van der Waals surface area contributed by atoms with Crippen molar-refractivity contribution in [3.63, 3.8) is 0 Å². The Labute approximate surface area is 128 Å². The molecule has 0 radical (unpaired) electrons. The molecule has 2 rings (SSSR count). The van der Waals surface area contributed by atoms with Crippen molar-refractivity contribution in [2.24, 2.45) is 0 Å². The van der Waals surface area contributed by atoms with E-state index in [2.05, 4.69) is 4.98 Å². The van der Waals surface area contributed by atoms with Crippen LogP contribution in [-0.2, 0) is 21.9 Å². The minimum absolute atomic E-state index is 0.0480. The highest BCUT2D eigenvalue weighted by Crippen LogP contribution is 2.09. The topological polar surface area (TPSA) is 53.4 Å². The van der Waals surface area contributed by atoms with Gasteiger partial charge in [-0.15, -0.1) is 11.6 Å². The van der Waals surface area contributed by atoms with Crippen LogP contribution in [-0.4, -0.2) is 36.5 Å². The molecule has 114 valence electrons.